The van der Waals surface area contributed by atoms with Crippen molar-refractivity contribution in [1.29, 1.82) is 0 Å². The molecule has 1 aliphatic carbocycles. The van der Waals surface area contributed by atoms with Crippen LogP contribution >= 0.6 is 11.3 Å². The maximum Gasteiger partial charge on any atom is 0.341 e. The minimum Gasteiger partial charge on any atom is -0.481 e. The molecule has 33 heavy (non-hydrogen) atoms. The first-order chi connectivity index (χ1) is 15.5. The molecular weight excluding hydrogens is 438 g/mol. The summed E-state index contributed by atoms with van der Waals surface area (Å²) in [7, 11) is 0. The molecule has 0 bridgehead atoms. The lowest BCUT2D eigenvalue weighted by atomic mass is 9.78. The predicted octanol–water partition coefficient (Wildman–Crippen LogP) is 6.03. The lowest BCUT2D eigenvalue weighted by molar-refractivity contribution is -0.147. The van der Waals surface area contributed by atoms with Crippen LogP contribution in [0.3, 0.4) is 0 Å². The average Bonchev–Trinajstić information content (AvgIpc) is 3.08. The van der Waals surface area contributed by atoms with Crippen molar-refractivity contribution < 1.29 is 24.2 Å². The third-order valence-corrected chi connectivity index (χ3v) is 7.28. The summed E-state index contributed by atoms with van der Waals surface area (Å²) in [5, 5.41) is 12.9. The van der Waals surface area contributed by atoms with Crippen LogP contribution in [0.4, 0.5) is 5.00 Å². The second-order valence-corrected chi connectivity index (χ2v) is 10.8. The lowest BCUT2D eigenvalue weighted by Crippen LogP contribution is -2.36. The monoisotopic (exact) mass is 471 g/mol. The molecule has 1 saturated carbocycles. The molecule has 0 spiro atoms. The summed E-state index contributed by atoms with van der Waals surface area (Å²) in [6.45, 7) is 10.3. The van der Waals surface area contributed by atoms with Gasteiger partial charge in [-0.05, 0) is 43.2 Å². The summed E-state index contributed by atoms with van der Waals surface area (Å²) in [5.74, 6) is -3.09. The van der Waals surface area contributed by atoms with Gasteiger partial charge in [-0.2, -0.15) is 0 Å². The second-order valence-electron chi connectivity index (χ2n) is 9.61. The highest BCUT2D eigenvalue weighted by atomic mass is 32.1. The summed E-state index contributed by atoms with van der Waals surface area (Å²) < 4.78 is 5.33. The first kappa shape index (κ1) is 25.0. The van der Waals surface area contributed by atoms with Gasteiger partial charge in [0.25, 0.3) is 0 Å². The Morgan fingerprint density at radius 1 is 1.09 bits per heavy atom. The third kappa shape index (κ3) is 5.46. The number of thiophene rings is 1. The Kier molecular flexibility index (Phi) is 7.62. The Hall–Kier alpha value is -2.67. The highest BCUT2D eigenvalue weighted by molar-refractivity contribution is 7.17. The molecule has 6 nitrogen and oxygen atoms in total. The molecule has 178 valence electrons. The Morgan fingerprint density at radius 2 is 1.70 bits per heavy atom. The molecule has 2 atom stereocenters. The molecule has 0 saturated heterocycles. The number of aliphatic carboxylic acids is 1. The van der Waals surface area contributed by atoms with Gasteiger partial charge in [0.05, 0.1) is 18.4 Å². The van der Waals surface area contributed by atoms with Crippen molar-refractivity contribution >= 4 is 34.2 Å². The summed E-state index contributed by atoms with van der Waals surface area (Å²) >= 11 is 1.32. The molecule has 1 heterocycles. The smallest absolute Gasteiger partial charge is 0.341 e. The van der Waals surface area contributed by atoms with E-state index in [-0.39, 0.29) is 17.9 Å². The van der Waals surface area contributed by atoms with Crippen LogP contribution in [0.1, 0.15) is 74.2 Å². The maximum atomic E-state index is 13.1. The number of esters is 1. The number of hydrogen-bond acceptors (Lipinski definition) is 5. The minimum absolute atomic E-state index is 0.00596. The highest BCUT2D eigenvalue weighted by Gasteiger charge is 2.37. The van der Waals surface area contributed by atoms with E-state index >= 15 is 0 Å². The van der Waals surface area contributed by atoms with E-state index in [0.717, 1.165) is 28.8 Å². The molecule has 1 fully saturated rings. The maximum absolute atomic E-state index is 13.1. The topological polar surface area (TPSA) is 92.7 Å². The molecule has 2 N–H and O–H groups in total. The molecular formula is C26H33NO5S. The minimum atomic E-state index is -0.942. The van der Waals surface area contributed by atoms with Crippen LogP contribution < -0.4 is 5.32 Å². The predicted molar refractivity (Wildman–Crippen MR) is 131 cm³/mol. The fourth-order valence-corrected chi connectivity index (χ4v) is 5.53. The van der Waals surface area contributed by atoms with Crippen molar-refractivity contribution in [1.82, 2.24) is 0 Å². The molecule has 3 rings (SSSR count). The zero-order valence-electron chi connectivity index (χ0n) is 20.0. The zero-order valence-corrected chi connectivity index (χ0v) is 20.8. The number of carbonyl (C=O) groups is 3. The molecule has 1 aromatic carbocycles. The number of amides is 1. The number of rotatable bonds is 6. The first-order valence-corrected chi connectivity index (χ1v) is 12.3. The van der Waals surface area contributed by atoms with Gasteiger partial charge in [0.15, 0.2) is 0 Å². The van der Waals surface area contributed by atoms with Crippen LogP contribution in [0.25, 0.3) is 11.1 Å². The van der Waals surface area contributed by atoms with E-state index in [1.165, 1.54) is 16.9 Å². The molecule has 7 heteroatoms. The van der Waals surface area contributed by atoms with Crippen LogP contribution in [-0.4, -0.2) is 29.6 Å². The summed E-state index contributed by atoms with van der Waals surface area (Å²) in [6.07, 6.45) is 2.65. The van der Waals surface area contributed by atoms with E-state index in [4.69, 9.17) is 4.74 Å². The van der Waals surface area contributed by atoms with E-state index in [1.807, 2.05) is 19.1 Å². The normalized spacial score (nSPS) is 18.6. The third-order valence-electron chi connectivity index (χ3n) is 6.26. The van der Waals surface area contributed by atoms with E-state index in [9.17, 15) is 19.5 Å². The van der Waals surface area contributed by atoms with Crippen molar-refractivity contribution in [2.24, 2.45) is 11.8 Å². The molecule has 2 aromatic rings. The number of carboxylic acids is 1. The fraction of sp³-hybridized carbons (Fsp3) is 0.500. The molecule has 2 unspecified atom stereocenters. The van der Waals surface area contributed by atoms with Gasteiger partial charge < -0.3 is 15.2 Å². The Labute approximate surface area is 199 Å². The number of benzene rings is 1. The average molecular weight is 472 g/mol. The van der Waals surface area contributed by atoms with Gasteiger partial charge in [-0.25, -0.2) is 4.79 Å². The number of carbonyl (C=O) groups excluding carboxylic acids is 2. The standard InChI is InChI=1S/C26H33NO5S/c1-6-32-25(31)21-20(16-11-13-17(14-12-16)26(3,4)5)15(2)33-23(21)27-22(28)18-9-7-8-10-19(18)24(29)30/h11-14,18-19H,6-10H2,1-5H3,(H,27,28)(H,29,30). The Bertz CT molecular complexity index is 1030. The van der Waals surface area contributed by atoms with Crippen molar-refractivity contribution in [2.45, 2.75) is 65.7 Å². The number of aryl methyl sites for hydroxylation is 1. The van der Waals surface area contributed by atoms with Crippen molar-refractivity contribution in [3.8, 4) is 11.1 Å². The molecule has 1 aromatic heterocycles. The van der Waals surface area contributed by atoms with Gasteiger partial charge >= 0.3 is 11.9 Å². The summed E-state index contributed by atoms with van der Waals surface area (Å²) in [6, 6.07) is 8.09. The fourth-order valence-electron chi connectivity index (χ4n) is 4.46. The lowest BCUT2D eigenvalue weighted by Gasteiger charge is -2.27. The molecule has 1 amide bonds. The van der Waals surface area contributed by atoms with E-state index < -0.39 is 23.8 Å². The summed E-state index contributed by atoms with van der Waals surface area (Å²) in [4.78, 5) is 38.6. The Morgan fingerprint density at radius 3 is 2.24 bits per heavy atom. The van der Waals surface area contributed by atoms with Crippen molar-refractivity contribution in [2.75, 3.05) is 11.9 Å². The van der Waals surface area contributed by atoms with E-state index in [1.54, 1.807) is 6.92 Å². The molecule has 0 aliphatic heterocycles. The van der Waals surface area contributed by atoms with Crippen LogP contribution in [0, 0.1) is 18.8 Å². The van der Waals surface area contributed by atoms with Crippen LogP contribution in [-0.2, 0) is 19.7 Å². The van der Waals surface area contributed by atoms with Crippen LogP contribution in [0.2, 0.25) is 0 Å². The van der Waals surface area contributed by atoms with Crippen LogP contribution in [0.5, 0.6) is 0 Å². The second kappa shape index (κ2) is 10.1. The van der Waals surface area contributed by atoms with E-state index in [2.05, 4.69) is 38.2 Å². The van der Waals surface area contributed by atoms with Crippen molar-refractivity contribution in [3.63, 3.8) is 0 Å². The number of anilines is 1. The zero-order chi connectivity index (χ0) is 24.3. The van der Waals surface area contributed by atoms with Gasteiger partial charge in [0, 0.05) is 10.4 Å². The number of ether oxygens (including phenoxy) is 1. The van der Waals surface area contributed by atoms with Gasteiger partial charge in [-0.15, -0.1) is 11.3 Å². The van der Waals surface area contributed by atoms with Gasteiger partial charge in [0.1, 0.15) is 10.6 Å². The SMILES string of the molecule is CCOC(=O)c1c(NC(=O)C2CCCCC2C(=O)O)sc(C)c1-c1ccc(C(C)(C)C)cc1. The van der Waals surface area contributed by atoms with Gasteiger partial charge in [0.2, 0.25) is 5.91 Å². The van der Waals surface area contributed by atoms with Crippen molar-refractivity contribution in [3.05, 3.63) is 40.3 Å². The van der Waals surface area contributed by atoms with Gasteiger partial charge in [-0.3, -0.25) is 9.59 Å². The number of nitrogens with one attached hydrogen (secondary N) is 1. The largest absolute Gasteiger partial charge is 0.481 e. The number of hydrogen-bond donors (Lipinski definition) is 2. The molecule has 0 radical (unpaired) electrons. The number of carboxylic acid groups (broad SMARTS) is 1. The highest BCUT2D eigenvalue weighted by Crippen LogP contribution is 2.42. The quantitative estimate of drug-likeness (QED) is 0.502. The van der Waals surface area contributed by atoms with E-state index in [0.29, 0.717) is 23.4 Å². The molecule has 1 aliphatic rings. The summed E-state index contributed by atoms with van der Waals surface area (Å²) in [5.41, 5.74) is 3.14. The first-order valence-electron chi connectivity index (χ1n) is 11.5. The van der Waals surface area contributed by atoms with Crippen LogP contribution in [0.15, 0.2) is 24.3 Å². The van der Waals surface area contributed by atoms with Gasteiger partial charge in [-0.1, -0.05) is 57.9 Å². The Balaban J connectivity index is 2.00.